The first-order chi connectivity index (χ1) is 18.5. The third-order valence-electron chi connectivity index (χ3n) is 7.58. The van der Waals surface area contributed by atoms with Crippen molar-refractivity contribution in [2.75, 3.05) is 6.61 Å². The standard InChI is InChI=1S/C27H30F3N3O5S/c1-13-9-27(37,10-13)25(16-6-4-3-5-14(16)2)39-26-24(36)22(23(35)20(12-34)38-26)33-11-19(31-32-33)15-7-17(28)21(30)18(29)8-15/h3-8,11,13,20,22-26,34-37H,9-10,12H2,1-2H3/t13?,20-,22+,23+,24-,25-,26+,27?/m1/s1. The highest BCUT2D eigenvalue weighted by molar-refractivity contribution is 8.00. The van der Waals surface area contributed by atoms with Crippen LogP contribution in [0.4, 0.5) is 13.2 Å². The van der Waals surface area contributed by atoms with Gasteiger partial charge in [-0.05, 0) is 48.9 Å². The molecule has 3 aromatic rings. The molecule has 1 aromatic heterocycles. The van der Waals surface area contributed by atoms with Crippen molar-refractivity contribution in [3.63, 3.8) is 0 Å². The highest BCUT2D eigenvalue weighted by atomic mass is 32.2. The van der Waals surface area contributed by atoms with Crippen LogP contribution in [0.5, 0.6) is 0 Å². The lowest BCUT2D eigenvalue weighted by atomic mass is 9.68. The van der Waals surface area contributed by atoms with Gasteiger partial charge in [-0.25, -0.2) is 17.9 Å². The third kappa shape index (κ3) is 5.21. The molecule has 2 heterocycles. The monoisotopic (exact) mass is 565 g/mol. The summed E-state index contributed by atoms with van der Waals surface area (Å²) in [7, 11) is 0. The molecule has 1 saturated carbocycles. The maximum absolute atomic E-state index is 13.8. The van der Waals surface area contributed by atoms with Crippen molar-refractivity contribution in [3.05, 3.63) is 71.2 Å². The van der Waals surface area contributed by atoms with Gasteiger partial charge in [-0.3, -0.25) is 0 Å². The lowest BCUT2D eigenvalue weighted by molar-refractivity contribution is -0.179. The van der Waals surface area contributed by atoms with E-state index >= 15 is 0 Å². The minimum absolute atomic E-state index is 0.0148. The van der Waals surface area contributed by atoms with Crippen LogP contribution in [0.2, 0.25) is 0 Å². The molecule has 0 amide bonds. The Morgan fingerprint density at radius 1 is 1.13 bits per heavy atom. The predicted molar refractivity (Wildman–Crippen MR) is 137 cm³/mol. The summed E-state index contributed by atoms with van der Waals surface area (Å²) in [6, 6.07) is 8.02. The van der Waals surface area contributed by atoms with E-state index in [9.17, 15) is 33.6 Å². The molecular weight excluding hydrogens is 535 g/mol. The number of thioether (sulfide) groups is 1. The van der Waals surface area contributed by atoms with Crippen molar-refractivity contribution in [2.24, 2.45) is 5.92 Å². The molecule has 4 N–H and O–H groups in total. The van der Waals surface area contributed by atoms with Gasteiger partial charge in [-0.2, -0.15) is 0 Å². The number of nitrogens with zero attached hydrogens (tertiary/aromatic N) is 3. The fourth-order valence-corrected chi connectivity index (χ4v) is 7.27. The zero-order valence-electron chi connectivity index (χ0n) is 21.3. The molecule has 2 fully saturated rings. The number of aliphatic hydroxyl groups is 4. The van der Waals surface area contributed by atoms with Gasteiger partial charge in [0.05, 0.1) is 23.7 Å². The van der Waals surface area contributed by atoms with Crippen LogP contribution >= 0.6 is 11.8 Å². The summed E-state index contributed by atoms with van der Waals surface area (Å²) in [6.45, 7) is 3.43. The van der Waals surface area contributed by atoms with E-state index in [-0.39, 0.29) is 11.3 Å². The zero-order valence-corrected chi connectivity index (χ0v) is 22.1. The molecule has 0 radical (unpaired) electrons. The Balaban J connectivity index is 1.46. The Morgan fingerprint density at radius 2 is 1.79 bits per heavy atom. The van der Waals surface area contributed by atoms with Gasteiger partial charge in [0.25, 0.3) is 0 Å². The first-order valence-electron chi connectivity index (χ1n) is 12.6. The molecular formula is C27H30F3N3O5S. The van der Waals surface area contributed by atoms with Crippen molar-refractivity contribution < 1.29 is 38.3 Å². The van der Waals surface area contributed by atoms with Crippen molar-refractivity contribution >= 4 is 11.8 Å². The van der Waals surface area contributed by atoms with Gasteiger partial charge in [-0.1, -0.05) is 36.4 Å². The summed E-state index contributed by atoms with van der Waals surface area (Å²) in [5.41, 5.74) is -0.286. The molecule has 12 heteroatoms. The van der Waals surface area contributed by atoms with E-state index in [0.717, 1.165) is 27.9 Å². The third-order valence-corrected chi connectivity index (χ3v) is 9.20. The van der Waals surface area contributed by atoms with E-state index in [4.69, 9.17) is 4.74 Å². The minimum Gasteiger partial charge on any atom is -0.394 e. The minimum atomic E-state index is -1.61. The second-order valence-corrected chi connectivity index (χ2v) is 11.7. The number of aromatic nitrogens is 3. The molecule has 1 saturated heterocycles. The van der Waals surface area contributed by atoms with E-state index in [1.807, 2.05) is 31.2 Å². The van der Waals surface area contributed by atoms with Crippen molar-refractivity contribution in [2.45, 2.75) is 67.3 Å². The molecule has 1 aliphatic heterocycles. The Labute approximate surface area is 227 Å². The van der Waals surface area contributed by atoms with Crippen LogP contribution in [0.25, 0.3) is 11.3 Å². The average molecular weight is 566 g/mol. The summed E-state index contributed by atoms with van der Waals surface area (Å²) >= 11 is 1.21. The fraction of sp³-hybridized carbons (Fsp3) is 0.481. The van der Waals surface area contributed by atoms with E-state index in [2.05, 4.69) is 17.2 Å². The lowest BCUT2D eigenvalue weighted by Crippen LogP contribution is -2.56. The summed E-state index contributed by atoms with van der Waals surface area (Å²) in [4.78, 5) is 0. The van der Waals surface area contributed by atoms with Crippen molar-refractivity contribution in [1.82, 2.24) is 15.0 Å². The van der Waals surface area contributed by atoms with Crippen LogP contribution in [-0.4, -0.2) is 71.4 Å². The van der Waals surface area contributed by atoms with E-state index in [1.54, 1.807) is 0 Å². The van der Waals surface area contributed by atoms with Gasteiger partial charge in [0.15, 0.2) is 17.5 Å². The Morgan fingerprint density at radius 3 is 2.41 bits per heavy atom. The molecule has 8 nitrogen and oxygen atoms in total. The molecule has 210 valence electrons. The molecule has 0 spiro atoms. The van der Waals surface area contributed by atoms with E-state index in [1.165, 1.54) is 18.0 Å². The Bertz CT molecular complexity index is 1310. The number of aliphatic hydroxyl groups excluding tert-OH is 3. The molecule has 0 unspecified atom stereocenters. The van der Waals surface area contributed by atoms with Gasteiger partial charge in [0.2, 0.25) is 0 Å². The van der Waals surface area contributed by atoms with Crippen LogP contribution in [-0.2, 0) is 4.74 Å². The number of rotatable bonds is 7. The molecule has 6 atom stereocenters. The van der Waals surface area contributed by atoms with Crippen LogP contribution in [0.3, 0.4) is 0 Å². The molecule has 5 rings (SSSR count). The highest BCUT2D eigenvalue weighted by Crippen LogP contribution is 2.55. The van der Waals surface area contributed by atoms with E-state index in [0.29, 0.717) is 18.8 Å². The number of ether oxygens (including phenoxy) is 1. The largest absolute Gasteiger partial charge is 0.394 e. The average Bonchev–Trinajstić information content (AvgIpc) is 3.36. The van der Waals surface area contributed by atoms with Gasteiger partial charge < -0.3 is 25.2 Å². The van der Waals surface area contributed by atoms with Crippen molar-refractivity contribution in [3.8, 4) is 11.3 Å². The van der Waals surface area contributed by atoms with Crippen LogP contribution in [0.1, 0.15) is 42.2 Å². The highest BCUT2D eigenvalue weighted by Gasteiger charge is 2.52. The second kappa shape index (κ2) is 10.8. The first kappa shape index (κ1) is 28.1. The Hall–Kier alpha value is -2.48. The Kier molecular flexibility index (Phi) is 7.79. The number of hydrogen-bond donors (Lipinski definition) is 4. The topological polar surface area (TPSA) is 121 Å². The quantitative estimate of drug-likeness (QED) is 0.322. The van der Waals surface area contributed by atoms with Crippen LogP contribution in [0, 0.1) is 30.3 Å². The normalized spacial score (nSPS) is 31.6. The number of halogens is 3. The van der Waals surface area contributed by atoms with Gasteiger partial charge in [0.1, 0.15) is 35.5 Å². The maximum atomic E-state index is 13.8. The lowest BCUT2D eigenvalue weighted by Gasteiger charge is -2.50. The number of benzene rings is 2. The summed E-state index contributed by atoms with van der Waals surface area (Å²) < 4.78 is 48.1. The summed E-state index contributed by atoms with van der Waals surface area (Å²) in [6.07, 6.45) is -1.50. The first-order valence-corrected chi connectivity index (χ1v) is 13.6. The molecule has 2 aliphatic rings. The van der Waals surface area contributed by atoms with Crippen molar-refractivity contribution in [1.29, 1.82) is 0 Å². The molecule has 0 bridgehead atoms. The predicted octanol–water partition coefficient (Wildman–Crippen LogP) is 3.29. The van der Waals surface area contributed by atoms with Crippen LogP contribution < -0.4 is 0 Å². The fourth-order valence-electron chi connectivity index (χ4n) is 5.62. The van der Waals surface area contributed by atoms with Crippen LogP contribution in [0.15, 0.2) is 42.6 Å². The van der Waals surface area contributed by atoms with E-state index < -0.39 is 64.7 Å². The van der Waals surface area contributed by atoms with Gasteiger partial charge in [0, 0.05) is 5.56 Å². The SMILES string of the molecule is Cc1ccccc1[C@@H](S[C@@H]1O[C@H](CO)[C@H](O)[C@H](n2cc(-c3cc(F)c(F)c(F)c3)nn2)[C@H]1O)C1(O)CC(C)C1. The smallest absolute Gasteiger partial charge is 0.194 e. The summed E-state index contributed by atoms with van der Waals surface area (Å²) in [5, 5.41) is 51.2. The van der Waals surface area contributed by atoms with Gasteiger partial charge in [-0.15, -0.1) is 16.9 Å². The molecule has 39 heavy (non-hydrogen) atoms. The van der Waals surface area contributed by atoms with Gasteiger partial charge >= 0.3 is 0 Å². The zero-order chi connectivity index (χ0) is 28.1. The number of hydrogen-bond acceptors (Lipinski definition) is 8. The summed E-state index contributed by atoms with van der Waals surface area (Å²) in [5.74, 6) is -4.08. The number of aryl methyl sites for hydroxylation is 1. The second-order valence-electron chi connectivity index (χ2n) is 10.5. The maximum Gasteiger partial charge on any atom is 0.194 e. The molecule has 1 aliphatic carbocycles. The molecule has 2 aromatic carbocycles.